The third kappa shape index (κ3) is 4.89. The smallest absolute Gasteiger partial charge is 0.304 e. The van der Waals surface area contributed by atoms with Crippen LogP contribution >= 0.6 is 23.4 Å². The normalized spacial score (nSPS) is 19.8. The first-order chi connectivity index (χ1) is 9.65. The van der Waals surface area contributed by atoms with Crippen molar-refractivity contribution in [1.29, 1.82) is 0 Å². The maximum atomic E-state index is 10.9. The lowest BCUT2D eigenvalue weighted by Crippen LogP contribution is -2.45. The molecule has 0 aliphatic carbocycles. The highest BCUT2D eigenvalue weighted by Gasteiger charge is 2.24. The molecule has 2 rings (SSSR count). The van der Waals surface area contributed by atoms with E-state index in [9.17, 15) is 4.79 Å². The molecule has 1 aromatic carbocycles. The summed E-state index contributed by atoms with van der Waals surface area (Å²) in [6, 6.07) is 7.41. The first kappa shape index (κ1) is 15.5. The fraction of sp³-hybridized carbons (Fsp3) is 0.500. The molecule has 20 heavy (non-hydrogen) atoms. The molecule has 1 atom stereocenters. The number of hydrogen-bond acceptors (Lipinski definition) is 4. The third-order valence-corrected chi connectivity index (χ3v) is 4.53. The molecule has 6 heteroatoms. The van der Waals surface area contributed by atoms with E-state index in [2.05, 4.69) is 4.90 Å². The molecule has 1 aliphatic heterocycles. The van der Waals surface area contributed by atoms with E-state index in [4.69, 9.17) is 21.4 Å². The third-order valence-electron chi connectivity index (χ3n) is 3.20. The molecule has 1 aromatic rings. The van der Waals surface area contributed by atoms with Gasteiger partial charge in [0.2, 0.25) is 0 Å². The van der Waals surface area contributed by atoms with Gasteiger partial charge in [-0.25, -0.2) is 0 Å². The molecule has 1 unspecified atom stereocenters. The van der Waals surface area contributed by atoms with Crippen LogP contribution in [-0.4, -0.2) is 53.2 Å². The lowest BCUT2D eigenvalue weighted by Gasteiger charge is -2.34. The molecule has 1 aliphatic rings. The number of carboxylic acid groups (broad SMARTS) is 1. The Kier molecular flexibility index (Phi) is 6.01. The largest absolute Gasteiger partial charge is 0.492 e. The summed E-state index contributed by atoms with van der Waals surface area (Å²) in [5.74, 6) is 1.94. The van der Waals surface area contributed by atoms with E-state index in [0.717, 1.165) is 30.3 Å². The number of hydrogen-bond donors (Lipinski definition) is 1. The van der Waals surface area contributed by atoms with Gasteiger partial charge in [-0.1, -0.05) is 17.7 Å². The van der Waals surface area contributed by atoms with Gasteiger partial charge in [0.15, 0.2) is 0 Å². The average molecular weight is 316 g/mol. The zero-order chi connectivity index (χ0) is 14.4. The van der Waals surface area contributed by atoms with Crippen LogP contribution in [0.4, 0.5) is 0 Å². The Labute approximate surface area is 128 Å². The van der Waals surface area contributed by atoms with Crippen LogP contribution in [0.25, 0.3) is 0 Å². The van der Waals surface area contributed by atoms with Crippen LogP contribution in [0.1, 0.15) is 6.42 Å². The second-order valence-electron chi connectivity index (χ2n) is 4.67. The van der Waals surface area contributed by atoms with E-state index < -0.39 is 5.97 Å². The lowest BCUT2D eigenvalue weighted by molar-refractivity contribution is -0.138. The second kappa shape index (κ2) is 7.76. The standard InChI is InChI=1S/C14H18ClNO3S/c15-11-2-1-3-13(8-11)19-6-4-16-5-7-20-10-12(16)9-14(17)18/h1-3,8,12H,4-7,9-10H2,(H,17,18). The summed E-state index contributed by atoms with van der Waals surface area (Å²) in [5.41, 5.74) is 0. The number of ether oxygens (including phenoxy) is 1. The van der Waals surface area contributed by atoms with Gasteiger partial charge in [-0.15, -0.1) is 0 Å². The molecular formula is C14H18ClNO3S. The highest BCUT2D eigenvalue weighted by molar-refractivity contribution is 7.99. The fourth-order valence-corrected chi connectivity index (χ4v) is 3.52. The van der Waals surface area contributed by atoms with Crippen molar-refractivity contribution in [2.45, 2.75) is 12.5 Å². The van der Waals surface area contributed by atoms with Crippen LogP contribution in [0.3, 0.4) is 0 Å². The van der Waals surface area contributed by atoms with E-state index in [1.54, 1.807) is 12.1 Å². The number of carboxylic acids is 1. The molecule has 0 radical (unpaired) electrons. The Morgan fingerprint density at radius 3 is 3.15 bits per heavy atom. The number of rotatable bonds is 6. The monoisotopic (exact) mass is 315 g/mol. The number of nitrogens with zero attached hydrogens (tertiary/aromatic N) is 1. The van der Waals surface area contributed by atoms with Crippen LogP contribution in [0.15, 0.2) is 24.3 Å². The van der Waals surface area contributed by atoms with Crippen LogP contribution in [0, 0.1) is 0 Å². The minimum atomic E-state index is -0.738. The number of benzene rings is 1. The van der Waals surface area contributed by atoms with Gasteiger partial charge in [-0.05, 0) is 18.2 Å². The van der Waals surface area contributed by atoms with Gasteiger partial charge in [0.1, 0.15) is 12.4 Å². The minimum absolute atomic E-state index is 0.106. The summed E-state index contributed by atoms with van der Waals surface area (Å²) in [6.45, 7) is 2.20. The van der Waals surface area contributed by atoms with Crippen LogP contribution < -0.4 is 4.74 Å². The molecule has 1 N–H and O–H groups in total. The first-order valence-electron chi connectivity index (χ1n) is 6.57. The summed E-state index contributed by atoms with van der Waals surface area (Å²) >= 11 is 7.71. The number of aliphatic carboxylic acids is 1. The van der Waals surface area contributed by atoms with Crippen molar-refractivity contribution in [3.05, 3.63) is 29.3 Å². The molecule has 0 aromatic heterocycles. The van der Waals surface area contributed by atoms with Gasteiger partial charge < -0.3 is 9.84 Å². The number of halogens is 1. The highest BCUT2D eigenvalue weighted by atomic mass is 35.5. The minimum Gasteiger partial charge on any atom is -0.492 e. The maximum absolute atomic E-state index is 10.9. The fourth-order valence-electron chi connectivity index (χ4n) is 2.21. The van der Waals surface area contributed by atoms with Crippen molar-refractivity contribution < 1.29 is 14.6 Å². The highest BCUT2D eigenvalue weighted by Crippen LogP contribution is 2.20. The number of thioether (sulfide) groups is 1. The van der Waals surface area contributed by atoms with E-state index in [0.29, 0.717) is 11.6 Å². The Balaban J connectivity index is 1.80. The van der Waals surface area contributed by atoms with Gasteiger partial charge in [-0.3, -0.25) is 9.69 Å². The lowest BCUT2D eigenvalue weighted by atomic mass is 10.2. The molecular weight excluding hydrogens is 298 g/mol. The molecule has 1 saturated heterocycles. The Hall–Kier alpha value is -0.910. The average Bonchev–Trinajstić information content (AvgIpc) is 2.40. The van der Waals surface area contributed by atoms with Gasteiger partial charge >= 0.3 is 5.97 Å². The van der Waals surface area contributed by atoms with Crippen molar-refractivity contribution in [2.24, 2.45) is 0 Å². The summed E-state index contributed by atoms with van der Waals surface area (Å²) in [4.78, 5) is 13.1. The van der Waals surface area contributed by atoms with Crippen molar-refractivity contribution in [3.8, 4) is 5.75 Å². The Bertz CT molecular complexity index is 458. The van der Waals surface area contributed by atoms with Crippen molar-refractivity contribution >= 4 is 29.3 Å². The van der Waals surface area contributed by atoms with Crippen molar-refractivity contribution in [3.63, 3.8) is 0 Å². The Morgan fingerprint density at radius 2 is 2.40 bits per heavy atom. The summed E-state index contributed by atoms with van der Waals surface area (Å²) in [7, 11) is 0. The maximum Gasteiger partial charge on any atom is 0.304 e. The molecule has 1 heterocycles. The van der Waals surface area contributed by atoms with E-state index >= 15 is 0 Å². The molecule has 110 valence electrons. The first-order valence-corrected chi connectivity index (χ1v) is 8.10. The number of carbonyl (C=O) groups is 1. The zero-order valence-electron chi connectivity index (χ0n) is 11.1. The van der Waals surface area contributed by atoms with Crippen LogP contribution in [0.5, 0.6) is 5.75 Å². The molecule has 4 nitrogen and oxygen atoms in total. The summed E-state index contributed by atoms with van der Waals surface area (Å²) in [5, 5.41) is 9.59. The van der Waals surface area contributed by atoms with E-state index in [1.807, 2.05) is 23.9 Å². The van der Waals surface area contributed by atoms with Gasteiger partial charge in [0, 0.05) is 35.7 Å². The SMILES string of the molecule is O=C(O)CC1CSCCN1CCOc1cccc(Cl)c1. The van der Waals surface area contributed by atoms with Gasteiger partial charge in [0.25, 0.3) is 0 Å². The molecule has 0 amide bonds. The van der Waals surface area contributed by atoms with Gasteiger partial charge in [0.05, 0.1) is 6.42 Å². The molecule has 0 spiro atoms. The molecule has 0 saturated carbocycles. The van der Waals surface area contributed by atoms with E-state index in [-0.39, 0.29) is 12.5 Å². The van der Waals surface area contributed by atoms with Crippen LogP contribution in [0.2, 0.25) is 5.02 Å². The molecule has 1 fully saturated rings. The predicted octanol–water partition coefficient (Wildman–Crippen LogP) is 2.61. The zero-order valence-corrected chi connectivity index (χ0v) is 12.7. The van der Waals surface area contributed by atoms with Crippen molar-refractivity contribution in [2.75, 3.05) is 31.2 Å². The van der Waals surface area contributed by atoms with Gasteiger partial charge in [-0.2, -0.15) is 11.8 Å². The topological polar surface area (TPSA) is 49.8 Å². The Morgan fingerprint density at radius 1 is 1.55 bits per heavy atom. The summed E-state index contributed by atoms with van der Waals surface area (Å²) in [6.07, 6.45) is 0.199. The van der Waals surface area contributed by atoms with Crippen molar-refractivity contribution in [1.82, 2.24) is 4.90 Å². The second-order valence-corrected chi connectivity index (χ2v) is 6.25. The predicted molar refractivity (Wildman–Crippen MR) is 81.9 cm³/mol. The quantitative estimate of drug-likeness (QED) is 0.874. The van der Waals surface area contributed by atoms with E-state index in [1.165, 1.54) is 0 Å². The molecule has 0 bridgehead atoms. The van der Waals surface area contributed by atoms with Crippen LogP contribution in [-0.2, 0) is 4.79 Å². The summed E-state index contributed by atoms with van der Waals surface area (Å²) < 4.78 is 5.66.